The standard InChI is InChI=1S/C54H38N2/c1-5-18-39(19-6-1)41-32-34-46(35-33-41)55(51-30-15-13-28-48(51)42-22-9-3-10-23-42)47-27-17-24-43(36-47)50-37-44(40-20-7-2-8-21-40)38-53-54(50)49-29-14-16-31-52(49)56(53)45-25-11-4-12-26-45/h1-38H. The predicted octanol–water partition coefficient (Wildman–Crippen LogP) is 14.9. The van der Waals surface area contributed by atoms with Crippen molar-refractivity contribution in [1.82, 2.24) is 4.57 Å². The first kappa shape index (κ1) is 33.2. The third kappa shape index (κ3) is 6.04. The Hall–Kier alpha value is -7.42. The second-order valence-corrected chi connectivity index (χ2v) is 14.2. The third-order valence-corrected chi connectivity index (χ3v) is 10.8. The molecule has 0 atom stereocenters. The lowest BCUT2D eigenvalue weighted by Crippen LogP contribution is -2.11. The van der Waals surface area contributed by atoms with Crippen LogP contribution in [0, 0.1) is 0 Å². The van der Waals surface area contributed by atoms with E-state index in [1.54, 1.807) is 0 Å². The van der Waals surface area contributed by atoms with E-state index >= 15 is 0 Å². The van der Waals surface area contributed by atoms with Crippen LogP contribution in [0.2, 0.25) is 0 Å². The molecule has 10 aromatic rings. The monoisotopic (exact) mass is 714 g/mol. The molecule has 0 fully saturated rings. The number of benzene rings is 9. The molecule has 10 rings (SSSR count). The third-order valence-electron chi connectivity index (χ3n) is 10.8. The van der Waals surface area contributed by atoms with Crippen LogP contribution in [0.15, 0.2) is 231 Å². The molecular weight excluding hydrogens is 677 g/mol. The highest BCUT2D eigenvalue weighted by atomic mass is 15.1. The summed E-state index contributed by atoms with van der Waals surface area (Å²) < 4.78 is 2.42. The minimum absolute atomic E-state index is 1.09. The first-order valence-electron chi connectivity index (χ1n) is 19.2. The van der Waals surface area contributed by atoms with Crippen LogP contribution in [0.4, 0.5) is 17.1 Å². The number of anilines is 3. The molecule has 0 unspecified atom stereocenters. The van der Waals surface area contributed by atoms with Gasteiger partial charge >= 0.3 is 0 Å². The summed E-state index contributed by atoms with van der Waals surface area (Å²) in [6.07, 6.45) is 0. The van der Waals surface area contributed by atoms with Gasteiger partial charge in [-0.25, -0.2) is 0 Å². The quantitative estimate of drug-likeness (QED) is 0.152. The topological polar surface area (TPSA) is 8.17 Å². The van der Waals surface area contributed by atoms with Crippen molar-refractivity contribution in [3.05, 3.63) is 231 Å². The van der Waals surface area contributed by atoms with Gasteiger partial charge < -0.3 is 9.47 Å². The summed E-state index contributed by atoms with van der Waals surface area (Å²) in [5.41, 5.74) is 16.3. The van der Waals surface area contributed by atoms with Crippen LogP contribution in [0.1, 0.15) is 0 Å². The van der Waals surface area contributed by atoms with E-state index < -0.39 is 0 Å². The summed E-state index contributed by atoms with van der Waals surface area (Å²) in [6, 6.07) is 83.1. The van der Waals surface area contributed by atoms with Crippen LogP contribution in [0.3, 0.4) is 0 Å². The fraction of sp³-hybridized carbons (Fsp3) is 0. The van der Waals surface area contributed by atoms with E-state index in [0.29, 0.717) is 0 Å². The zero-order valence-electron chi connectivity index (χ0n) is 30.8. The molecule has 0 aliphatic rings. The smallest absolute Gasteiger partial charge is 0.0553 e. The van der Waals surface area contributed by atoms with E-state index in [2.05, 4.69) is 240 Å². The highest BCUT2D eigenvalue weighted by Crippen LogP contribution is 2.45. The van der Waals surface area contributed by atoms with E-state index in [-0.39, 0.29) is 0 Å². The second-order valence-electron chi connectivity index (χ2n) is 14.2. The fourth-order valence-corrected chi connectivity index (χ4v) is 8.18. The average Bonchev–Trinajstić information content (AvgIpc) is 3.62. The second kappa shape index (κ2) is 14.4. The molecule has 0 spiro atoms. The Labute approximate surface area is 327 Å². The maximum absolute atomic E-state index is 2.42. The van der Waals surface area contributed by atoms with E-state index in [9.17, 15) is 0 Å². The normalized spacial score (nSPS) is 11.2. The largest absolute Gasteiger partial charge is 0.310 e. The number of rotatable bonds is 8. The van der Waals surface area contributed by atoms with E-state index in [4.69, 9.17) is 0 Å². The van der Waals surface area contributed by atoms with Gasteiger partial charge in [-0.05, 0) is 99.6 Å². The van der Waals surface area contributed by atoms with E-state index in [0.717, 1.165) is 28.3 Å². The number of nitrogens with zero attached hydrogens (tertiary/aromatic N) is 2. The van der Waals surface area contributed by atoms with Crippen molar-refractivity contribution in [3.63, 3.8) is 0 Å². The van der Waals surface area contributed by atoms with Crippen molar-refractivity contribution in [2.24, 2.45) is 0 Å². The maximum Gasteiger partial charge on any atom is 0.0553 e. The molecule has 0 bridgehead atoms. The molecule has 2 heteroatoms. The summed E-state index contributed by atoms with van der Waals surface area (Å²) in [5.74, 6) is 0. The van der Waals surface area contributed by atoms with Crippen molar-refractivity contribution in [3.8, 4) is 50.2 Å². The molecule has 0 radical (unpaired) electrons. The summed E-state index contributed by atoms with van der Waals surface area (Å²) in [5, 5.41) is 2.47. The molecule has 56 heavy (non-hydrogen) atoms. The Morgan fingerprint density at radius 2 is 0.857 bits per heavy atom. The molecule has 0 N–H and O–H groups in total. The Morgan fingerprint density at radius 3 is 1.57 bits per heavy atom. The zero-order valence-corrected chi connectivity index (χ0v) is 30.8. The van der Waals surface area contributed by atoms with Crippen LogP contribution >= 0.6 is 0 Å². The molecule has 0 aliphatic heterocycles. The first-order chi connectivity index (χ1) is 27.8. The first-order valence-corrected chi connectivity index (χ1v) is 19.2. The fourth-order valence-electron chi connectivity index (χ4n) is 8.18. The molecule has 9 aromatic carbocycles. The number of fused-ring (bicyclic) bond motifs is 3. The van der Waals surface area contributed by atoms with E-state index in [1.807, 2.05) is 0 Å². The minimum Gasteiger partial charge on any atom is -0.310 e. The predicted molar refractivity (Wildman–Crippen MR) is 237 cm³/mol. The van der Waals surface area contributed by atoms with Crippen LogP contribution < -0.4 is 4.90 Å². The van der Waals surface area contributed by atoms with Crippen molar-refractivity contribution < 1.29 is 0 Å². The van der Waals surface area contributed by atoms with Gasteiger partial charge in [0, 0.05) is 33.4 Å². The van der Waals surface area contributed by atoms with Gasteiger partial charge in [0.05, 0.1) is 16.7 Å². The van der Waals surface area contributed by atoms with Crippen molar-refractivity contribution in [1.29, 1.82) is 0 Å². The Bertz CT molecular complexity index is 2930. The number of hydrogen-bond acceptors (Lipinski definition) is 1. The minimum atomic E-state index is 1.09. The Morgan fingerprint density at radius 1 is 0.304 bits per heavy atom. The van der Waals surface area contributed by atoms with Crippen molar-refractivity contribution in [2.45, 2.75) is 0 Å². The van der Waals surface area contributed by atoms with E-state index in [1.165, 1.54) is 60.8 Å². The maximum atomic E-state index is 2.42. The van der Waals surface area contributed by atoms with Crippen molar-refractivity contribution >= 4 is 38.9 Å². The van der Waals surface area contributed by atoms with Gasteiger partial charge in [-0.1, -0.05) is 170 Å². The molecule has 0 saturated heterocycles. The molecule has 0 aliphatic carbocycles. The average molecular weight is 715 g/mol. The number of aromatic nitrogens is 1. The summed E-state index contributed by atoms with van der Waals surface area (Å²) in [4.78, 5) is 2.41. The van der Waals surface area contributed by atoms with Gasteiger partial charge in [-0.2, -0.15) is 0 Å². The molecule has 0 amide bonds. The number of hydrogen-bond donors (Lipinski definition) is 0. The number of para-hydroxylation sites is 3. The van der Waals surface area contributed by atoms with Crippen LogP contribution in [0.5, 0.6) is 0 Å². The lowest BCUT2D eigenvalue weighted by atomic mass is 9.94. The van der Waals surface area contributed by atoms with Gasteiger partial charge in [0.25, 0.3) is 0 Å². The summed E-state index contributed by atoms with van der Waals surface area (Å²) in [6.45, 7) is 0. The van der Waals surface area contributed by atoms with Gasteiger partial charge in [0.15, 0.2) is 0 Å². The van der Waals surface area contributed by atoms with Gasteiger partial charge in [0.1, 0.15) is 0 Å². The molecule has 1 heterocycles. The SMILES string of the molecule is c1ccc(-c2ccc(N(c3cccc(-c4cc(-c5ccccc5)cc5c4c4ccccc4n5-c4ccccc4)c3)c3ccccc3-c3ccccc3)cc2)cc1. The molecule has 1 aromatic heterocycles. The molecule has 0 saturated carbocycles. The van der Waals surface area contributed by atoms with Crippen LogP contribution in [-0.4, -0.2) is 4.57 Å². The van der Waals surface area contributed by atoms with Gasteiger partial charge in [0.2, 0.25) is 0 Å². The summed E-state index contributed by atoms with van der Waals surface area (Å²) in [7, 11) is 0. The lowest BCUT2D eigenvalue weighted by molar-refractivity contribution is 1.18. The molecular formula is C54H38N2. The lowest BCUT2D eigenvalue weighted by Gasteiger charge is -2.28. The Balaban J connectivity index is 1.22. The zero-order chi connectivity index (χ0) is 37.3. The van der Waals surface area contributed by atoms with Crippen LogP contribution in [-0.2, 0) is 0 Å². The Kier molecular flexibility index (Phi) is 8.55. The molecule has 2 nitrogen and oxygen atoms in total. The highest BCUT2D eigenvalue weighted by molar-refractivity contribution is 6.17. The van der Waals surface area contributed by atoms with Gasteiger partial charge in [-0.15, -0.1) is 0 Å². The van der Waals surface area contributed by atoms with Gasteiger partial charge in [-0.3, -0.25) is 0 Å². The van der Waals surface area contributed by atoms with Crippen LogP contribution in [0.25, 0.3) is 72.0 Å². The summed E-state index contributed by atoms with van der Waals surface area (Å²) >= 11 is 0. The molecule has 264 valence electrons. The highest BCUT2D eigenvalue weighted by Gasteiger charge is 2.21. The van der Waals surface area contributed by atoms with Crippen molar-refractivity contribution in [2.75, 3.05) is 4.90 Å².